The van der Waals surface area contributed by atoms with Gasteiger partial charge in [-0.3, -0.25) is 0 Å². The van der Waals surface area contributed by atoms with E-state index in [1.165, 1.54) is 6.42 Å². The minimum atomic E-state index is 0.204. The maximum absolute atomic E-state index is 5.52. The first-order chi connectivity index (χ1) is 5.33. The number of hydrogen-bond acceptors (Lipinski definition) is 2. The number of hydrogen-bond donors (Lipinski definition) is 1. The Bertz CT molecular complexity index is 119. The van der Waals surface area contributed by atoms with E-state index in [2.05, 4.69) is 11.9 Å². The fourth-order valence-electron chi connectivity index (χ4n) is 1.21. The van der Waals surface area contributed by atoms with Gasteiger partial charge in [0, 0.05) is 6.54 Å². The molecule has 11 heavy (non-hydrogen) atoms. The first kappa shape index (κ1) is 8.75. The highest BCUT2D eigenvalue weighted by Gasteiger charge is 2.14. The molecule has 0 spiro atoms. The van der Waals surface area contributed by atoms with Crippen LogP contribution in [0.15, 0.2) is 12.7 Å². The highest BCUT2D eigenvalue weighted by Crippen LogP contribution is 2.08. The minimum absolute atomic E-state index is 0.204. The van der Waals surface area contributed by atoms with Crippen LogP contribution in [0.1, 0.15) is 13.3 Å². The summed E-state index contributed by atoms with van der Waals surface area (Å²) in [6.45, 7) is 8.83. The third-order valence-corrected chi connectivity index (χ3v) is 2.09. The van der Waals surface area contributed by atoms with Crippen molar-refractivity contribution < 1.29 is 4.74 Å². The molecule has 1 heterocycles. The highest BCUT2D eigenvalue weighted by atomic mass is 16.5. The van der Waals surface area contributed by atoms with Crippen molar-refractivity contribution in [3.63, 3.8) is 0 Å². The topological polar surface area (TPSA) is 21.3 Å². The van der Waals surface area contributed by atoms with Crippen LogP contribution in [0.4, 0.5) is 0 Å². The normalized spacial score (nSPS) is 26.8. The van der Waals surface area contributed by atoms with Gasteiger partial charge in [-0.05, 0) is 25.8 Å². The van der Waals surface area contributed by atoms with Crippen LogP contribution in [-0.2, 0) is 4.74 Å². The lowest BCUT2D eigenvalue weighted by Gasteiger charge is -2.12. The van der Waals surface area contributed by atoms with E-state index in [0.717, 1.165) is 25.6 Å². The molecule has 1 fully saturated rings. The standard InChI is InChI=1S/C9H17NO/c1-3-8(2)11-7-9-4-5-10-6-9/h3,8-10H,1,4-7H2,2H3. The zero-order chi connectivity index (χ0) is 8.10. The zero-order valence-electron chi connectivity index (χ0n) is 7.18. The molecule has 2 atom stereocenters. The smallest absolute Gasteiger partial charge is 0.0725 e. The van der Waals surface area contributed by atoms with Crippen molar-refractivity contribution in [1.82, 2.24) is 5.32 Å². The van der Waals surface area contributed by atoms with Crippen LogP contribution in [0.3, 0.4) is 0 Å². The largest absolute Gasteiger partial charge is 0.374 e. The molecule has 1 aliphatic rings. The first-order valence-corrected chi connectivity index (χ1v) is 4.28. The molecule has 0 aromatic carbocycles. The summed E-state index contributed by atoms with van der Waals surface area (Å²) in [7, 11) is 0. The monoisotopic (exact) mass is 155 g/mol. The molecule has 0 saturated carbocycles. The fourth-order valence-corrected chi connectivity index (χ4v) is 1.21. The van der Waals surface area contributed by atoms with Gasteiger partial charge in [0.2, 0.25) is 0 Å². The van der Waals surface area contributed by atoms with Crippen LogP contribution in [0.2, 0.25) is 0 Å². The van der Waals surface area contributed by atoms with Gasteiger partial charge in [-0.2, -0.15) is 0 Å². The Labute approximate surface area is 68.6 Å². The van der Waals surface area contributed by atoms with Crippen LogP contribution in [0.5, 0.6) is 0 Å². The summed E-state index contributed by atoms with van der Waals surface area (Å²) in [5.41, 5.74) is 0. The summed E-state index contributed by atoms with van der Waals surface area (Å²) in [6, 6.07) is 0. The summed E-state index contributed by atoms with van der Waals surface area (Å²) in [5, 5.41) is 3.31. The van der Waals surface area contributed by atoms with Crippen LogP contribution < -0.4 is 5.32 Å². The highest BCUT2D eigenvalue weighted by molar-refractivity contribution is 4.77. The van der Waals surface area contributed by atoms with Gasteiger partial charge >= 0.3 is 0 Å². The molecule has 1 saturated heterocycles. The maximum atomic E-state index is 5.52. The second-order valence-corrected chi connectivity index (χ2v) is 3.13. The summed E-state index contributed by atoms with van der Waals surface area (Å²) in [5.74, 6) is 0.720. The molecule has 1 aliphatic heterocycles. The molecule has 2 nitrogen and oxygen atoms in total. The first-order valence-electron chi connectivity index (χ1n) is 4.28. The predicted molar refractivity (Wildman–Crippen MR) is 46.6 cm³/mol. The molecular formula is C9H17NO. The van der Waals surface area contributed by atoms with E-state index in [4.69, 9.17) is 4.74 Å². The minimum Gasteiger partial charge on any atom is -0.374 e. The molecule has 0 amide bonds. The Morgan fingerprint density at radius 2 is 2.64 bits per heavy atom. The third kappa shape index (κ3) is 3.04. The molecule has 2 unspecified atom stereocenters. The van der Waals surface area contributed by atoms with Crippen LogP contribution in [0, 0.1) is 5.92 Å². The predicted octanol–water partition coefficient (Wildman–Crippen LogP) is 1.19. The Morgan fingerprint density at radius 1 is 1.82 bits per heavy atom. The van der Waals surface area contributed by atoms with Crippen LogP contribution in [-0.4, -0.2) is 25.8 Å². The SMILES string of the molecule is C=CC(C)OCC1CCNC1. The number of nitrogens with one attached hydrogen (secondary N) is 1. The Kier molecular flexibility index (Phi) is 3.60. The van der Waals surface area contributed by atoms with E-state index < -0.39 is 0 Å². The van der Waals surface area contributed by atoms with Crippen LogP contribution in [0.25, 0.3) is 0 Å². The summed E-state index contributed by atoms with van der Waals surface area (Å²) < 4.78 is 5.52. The van der Waals surface area contributed by atoms with Crippen molar-refractivity contribution in [3.05, 3.63) is 12.7 Å². The summed E-state index contributed by atoms with van der Waals surface area (Å²) in [6.07, 6.45) is 3.29. The van der Waals surface area contributed by atoms with Gasteiger partial charge in [-0.1, -0.05) is 6.08 Å². The van der Waals surface area contributed by atoms with E-state index in [9.17, 15) is 0 Å². The van der Waals surface area contributed by atoms with E-state index in [1.54, 1.807) is 0 Å². The van der Waals surface area contributed by atoms with Crippen molar-refractivity contribution in [2.75, 3.05) is 19.7 Å². The van der Waals surface area contributed by atoms with Crippen molar-refractivity contribution in [2.45, 2.75) is 19.4 Å². The Balaban J connectivity index is 2.06. The molecule has 0 bridgehead atoms. The van der Waals surface area contributed by atoms with Crippen molar-refractivity contribution in [2.24, 2.45) is 5.92 Å². The van der Waals surface area contributed by atoms with Gasteiger partial charge in [0.15, 0.2) is 0 Å². The quantitative estimate of drug-likeness (QED) is 0.616. The third-order valence-electron chi connectivity index (χ3n) is 2.09. The molecular weight excluding hydrogens is 138 g/mol. The average molecular weight is 155 g/mol. The molecule has 0 aromatic heterocycles. The van der Waals surface area contributed by atoms with Crippen molar-refractivity contribution in [3.8, 4) is 0 Å². The average Bonchev–Trinajstić information content (AvgIpc) is 2.52. The lowest BCUT2D eigenvalue weighted by Crippen LogP contribution is -2.16. The number of ether oxygens (including phenoxy) is 1. The van der Waals surface area contributed by atoms with Gasteiger partial charge in [0.1, 0.15) is 0 Å². The van der Waals surface area contributed by atoms with Crippen molar-refractivity contribution >= 4 is 0 Å². The summed E-state index contributed by atoms with van der Waals surface area (Å²) in [4.78, 5) is 0. The zero-order valence-corrected chi connectivity index (χ0v) is 7.18. The van der Waals surface area contributed by atoms with E-state index in [-0.39, 0.29) is 6.10 Å². The molecule has 0 aliphatic carbocycles. The Hall–Kier alpha value is -0.340. The lowest BCUT2D eigenvalue weighted by atomic mass is 10.1. The van der Waals surface area contributed by atoms with Gasteiger partial charge < -0.3 is 10.1 Å². The van der Waals surface area contributed by atoms with Crippen LogP contribution >= 0.6 is 0 Å². The second-order valence-electron chi connectivity index (χ2n) is 3.13. The molecule has 64 valence electrons. The summed E-state index contributed by atoms with van der Waals surface area (Å²) >= 11 is 0. The second kappa shape index (κ2) is 4.52. The van der Waals surface area contributed by atoms with Gasteiger partial charge in [0.25, 0.3) is 0 Å². The van der Waals surface area contributed by atoms with Crippen molar-refractivity contribution in [1.29, 1.82) is 0 Å². The fraction of sp³-hybridized carbons (Fsp3) is 0.778. The maximum Gasteiger partial charge on any atom is 0.0725 e. The van der Waals surface area contributed by atoms with E-state index in [1.807, 2.05) is 13.0 Å². The Morgan fingerprint density at radius 3 is 3.18 bits per heavy atom. The molecule has 0 aromatic rings. The van der Waals surface area contributed by atoms with E-state index in [0.29, 0.717) is 0 Å². The van der Waals surface area contributed by atoms with E-state index >= 15 is 0 Å². The van der Waals surface area contributed by atoms with Gasteiger partial charge in [-0.15, -0.1) is 6.58 Å². The van der Waals surface area contributed by atoms with Gasteiger partial charge in [0.05, 0.1) is 12.7 Å². The molecule has 1 rings (SSSR count). The lowest BCUT2D eigenvalue weighted by molar-refractivity contribution is 0.0724. The molecule has 0 radical (unpaired) electrons. The van der Waals surface area contributed by atoms with Gasteiger partial charge in [-0.25, -0.2) is 0 Å². The number of rotatable bonds is 4. The molecule has 1 N–H and O–H groups in total. The molecule has 2 heteroatoms.